The van der Waals surface area contributed by atoms with Crippen LogP contribution < -0.4 is 10.6 Å². The topological polar surface area (TPSA) is 80.3 Å². The number of ether oxygens (including phenoxy) is 1. The van der Waals surface area contributed by atoms with Crippen molar-refractivity contribution in [2.45, 2.75) is 44.2 Å². The number of anilines is 1. The first-order valence-corrected chi connectivity index (χ1v) is 9.36. The molecule has 2 aliphatic rings. The summed E-state index contributed by atoms with van der Waals surface area (Å²) in [5.41, 5.74) is -0.248. The Balaban J connectivity index is 1.54. The zero-order valence-corrected chi connectivity index (χ0v) is 16.0. The maximum atomic E-state index is 14.0. The number of aromatic nitrogens is 1. The summed E-state index contributed by atoms with van der Waals surface area (Å²) in [7, 11) is 0. The summed E-state index contributed by atoms with van der Waals surface area (Å²) in [5, 5.41) is 4.71. The maximum absolute atomic E-state index is 14.0. The van der Waals surface area contributed by atoms with Crippen LogP contribution in [0.25, 0.3) is 0 Å². The summed E-state index contributed by atoms with van der Waals surface area (Å²) in [6.07, 6.45) is -6.42. The highest BCUT2D eigenvalue weighted by Gasteiger charge is 2.48. The van der Waals surface area contributed by atoms with E-state index >= 15 is 0 Å². The van der Waals surface area contributed by atoms with Gasteiger partial charge in [-0.25, -0.2) is 8.78 Å². The number of carbonyl (C=O) groups is 2. The number of aryl methyl sites for hydroxylation is 1. The Kier molecular flexibility index (Phi) is 5.16. The summed E-state index contributed by atoms with van der Waals surface area (Å²) in [5.74, 6) is -3.35. The number of amides is 2. The van der Waals surface area contributed by atoms with Crippen LogP contribution in [-0.4, -0.2) is 29.0 Å². The number of carbonyl (C=O) groups excluding carboxylic acids is 2. The number of pyridine rings is 1. The van der Waals surface area contributed by atoms with Gasteiger partial charge in [-0.1, -0.05) is 0 Å². The monoisotopic (exact) mass is 441 g/mol. The standard InChI is InChI=1S/C20H16F5N3O3/c1-8-12-7-26-15(6-11(12)17(31-8)20(23,24)25)19(30)27-14-3-2-9-4-10(21)5-13(22)16(9)28-18(14)29/h4-8,14,17H,2-3H2,1H3,(H,27,30)(H,28,29)/t8?,14-,17?/m0/s1. The van der Waals surface area contributed by atoms with E-state index < -0.39 is 47.9 Å². The van der Waals surface area contributed by atoms with E-state index in [0.717, 1.165) is 18.3 Å². The lowest BCUT2D eigenvalue weighted by Gasteiger charge is -2.17. The van der Waals surface area contributed by atoms with Gasteiger partial charge in [0.1, 0.15) is 23.4 Å². The molecule has 2 N–H and O–H groups in total. The highest BCUT2D eigenvalue weighted by Crippen LogP contribution is 2.47. The van der Waals surface area contributed by atoms with Crippen LogP contribution in [0.3, 0.4) is 0 Å². The zero-order chi connectivity index (χ0) is 22.5. The fourth-order valence-electron chi connectivity index (χ4n) is 3.75. The molecule has 0 saturated heterocycles. The molecule has 1 aromatic heterocycles. The zero-order valence-electron chi connectivity index (χ0n) is 16.0. The molecule has 0 radical (unpaired) electrons. The van der Waals surface area contributed by atoms with Gasteiger partial charge in [0.25, 0.3) is 5.91 Å². The summed E-state index contributed by atoms with van der Waals surface area (Å²) >= 11 is 0. The molecule has 0 aliphatic carbocycles. The van der Waals surface area contributed by atoms with E-state index in [4.69, 9.17) is 4.74 Å². The van der Waals surface area contributed by atoms with Crippen LogP contribution in [0.5, 0.6) is 0 Å². The summed E-state index contributed by atoms with van der Waals surface area (Å²) in [4.78, 5) is 28.9. The average molecular weight is 441 g/mol. The first kappa shape index (κ1) is 21.2. The van der Waals surface area contributed by atoms with Gasteiger partial charge in [0.2, 0.25) is 5.91 Å². The van der Waals surface area contributed by atoms with Crippen LogP contribution in [-0.2, 0) is 16.0 Å². The third-order valence-electron chi connectivity index (χ3n) is 5.27. The predicted octanol–water partition coefficient (Wildman–Crippen LogP) is 3.74. The van der Waals surface area contributed by atoms with E-state index in [0.29, 0.717) is 6.07 Å². The van der Waals surface area contributed by atoms with Gasteiger partial charge in [0.15, 0.2) is 6.10 Å². The minimum absolute atomic E-state index is 0.0315. The lowest BCUT2D eigenvalue weighted by molar-refractivity contribution is -0.226. The number of halogens is 5. The van der Waals surface area contributed by atoms with Gasteiger partial charge in [-0.3, -0.25) is 14.6 Å². The quantitative estimate of drug-likeness (QED) is 0.696. The van der Waals surface area contributed by atoms with Crippen LogP contribution in [0.4, 0.5) is 27.6 Å². The van der Waals surface area contributed by atoms with Gasteiger partial charge < -0.3 is 15.4 Å². The van der Waals surface area contributed by atoms with Crippen molar-refractivity contribution in [3.05, 3.63) is 58.4 Å². The number of hydrogen-bond acceptors (Lipinski definition) is 4. The highest BCUT2D eigenvalue weighted by atomic mass is 19.4. The number of rotatable bonds is 2. The molecule has 0 bridgehead atoms. The number of hydrogen-bond donors (Lipinski definition) is 2. The minimum Gasteiger partial charge on any atom is -0.356 e. The van der Waals surface area contributed by atoms with E-state index in [2.05, 4.69) is 15.6 Å². The first-order chi connectivity index (χ1) is 14.5. The number of fused-ring (bicyclic) bond motifs is 2. The first-order valence-electron chi connectivity index (χ1n) is 9.36. The van der Waals surface area contributed by atoms with E-state index in [9.17, 15) is 31.5 Å². The molecule has 3 atom stereocenters. The molecule has 164 valence electrons. The summed E-state index contributed by atoms with van der Waals surface area (Å²) in [6, 6.07) is 1.59. The molecule has 11 heteroatoms. The second-order valence-electron chi connectivity index (χ2n) is 7.37. The van der Waals surface area contributed by atoms with E-state index in [1.807, 2.05) is 0 Å². The molecule has 0 fully saturated rings. The van der Waals surface area contributed by atoms with Crippen LogP contribution in [0.15, 0.2) is 24.4 Å². The van der Waals surface area contributed by atoms with Crippen molar-refractivity contribution < 1.29 is 36.3 Å². The van der Waals surface area contributed by atoms with Gasteiger partial charge >= 0.3 is 6.18 Å². The largest absolute Gasteiger partial charge is 0.418 e. The Morgan fingerprint density at radius 1 is 1.23 bits per heavy atom. The average Bonchev–Trinajstić information content (AvgIpc) is 2.94. The lowest BCUT2D eigenvalue weighted by Crippen LogP contribution is -2.43. The number of benzene rings is 1. The van der Waals surface area contributed by atoms with Crippen molar-refractivity contribution in [1.29, 1.82) is 0 Å². The van der Waals surface area contributed by atoms with Gasteiger partial charge in [-0.2, -0.15) is 13.2 Å². The van der Waals surface area contributed by atoms with Crippen LogP contribution in [0, 0.1) is 11.6 Å². The Morgan fingerprint density at radius 3 is 2.68 bits per heavy atom. The molecular weight excluding hydrogens is 425 g/mol. The van der Waals surface area contributed by atoms with Crippen molar-refractivity contribution in [2.75, 3.05) is 5.32 Å². The molecule has 3 heterocycles. The molecule has 2 aliphatic heterocycles. The molecule has 6 nitrogen and oxygen atoms in total. The molecule has 2 unspecified atom stereocenters. The fourth-order valence-corrected chi connectivity index (χ4v) is 3.75. The molecular formula is C20H16F5N3O3. The summed E-state index contributed by atoms with van der Waals surface area (Å²) in [6.45, 7) is 1.45. The predicted molar refractivity (Wildman–Crippen MR) is 97.1 cm³/mol. The van der Waals surface area contributed by atoms with Crippen LogP contribution in [0.2, 0.25) is 0 Å². The minimum atomic E-state index is -4.67. The third-order valence-corrected chi connectivity index (χ3v) is 5.27. The van der Waals surface area contributed by atoms with Gasteiger partial charge in [0.05, 0.1) is 11.8 Å². The van der Waals surface area contributed by atoms with E-state index in [1.165, 1.54) is 6.92 Å². The lowest BCUT2D eigenvalue weighted by atomic mass is 10.0. The molecule has 1 aromatic carbocycles. The normalized spacial score (nSPS) is 22.9. The maximum Gasteiger partial charge on any atom is 0.418 e. The Morgan fingerprint density at radius 2 is 1.97 bits per heavy atom. The van der Waals surface area contributed by atoms with Crippen molar-refractivity contribution in [3.63, 3.8) is 0 Å². The molecule has 2 aromatic rings. The van der Waals surface area contributed by atoms with Crippen molar-refractivity contribution in [2.24, 2.45) is 0 Å². The molecule has 0 saturated carbocycles. The second kappa shape index (κ2) is 7.56. The Hall–Kier alpha value is -3.08. The fraction of sp³-hybridized carbons (Fsp3) is 0.350. The van der Waals surface area contributed by atoms with Crippen molar-refractivity contribution in [1.82, 2.24) is 10.3 Å². The van der Waals surface area contributed by atoms with Crippen molar-refractivity contribution >= 4 is 17.5 Å². The number of nitrogens with one attached hydrogen (secondary N) is 2. The van der Waals surface area contributed by atoms with Crippen LogP contribution in [0.1, 0.15) is 52.7 Å². The smallest absolute Gasteiger partial charge is 0.356 e. The Bertz CT molecular complexity index is 1070. The molecule has 31 heavy (non-hydrogen) atoms. The van der Waals surface area contributed by atoms with Crippen molar-refractivity contribution in [3.8, 4) is 0 Å². The van der Waals surface area contributed by atoms with Crippen LogP contribution >= 0.6 is 0 Å². The number of nitrogens with zero attached hydrogens (tertiary/aromatic N) is 1. The molecule has 0 spiro atoms. The second-order valence-corrected chi connectivity index (χ2v) is 7.37. The Labute approximate surface area is 172 Å². The SMILES string of the molecule is CC1OC(C(F)(F)F)c2cc(C(=O)N[C@H]3CCc4cc(F)cc(F)c4NC3=O)ncc21. The molecule has 4 rings (SSSR count). The van der Waals surface area contributed by atoms with Gasteiger partial charge in [-0.15, -0.1) is 0 Å². The van der Waals surface area contributed by atoms with E-state index in [1.54, 1.807) is 0 Å². The summed E-state index contributed by atoms with van der Waals surface area (Å²) < 4.78 is 72.1. The van der Waals surface area contributed by atoms with Gasteiger partial charge in [-0.05, 0) is 43.0 Å². The highest BCUT2D eigenvalue weighted by molar-refractivity contribution is 6.01. The molecule has 2 amide bonds. The number of alkyl halides is 3. The van der Waals surface area contributed by atoms with Gasteiger partial charge in [0, 0.05) is 17.8 Å². The third kappa shape index (κ3) is 3.97. The van der Waals surface area contributed by atoms with E-state index in [-0.39, 0.29) is 40.9 Å².